The molecule has 5 aliphatic carbocycles. The lowest BCUT2D eigenvalue weighted by molar-refractivity contribution is -0.129. The van der Waals surface area contributed by atoms with Crippen molar-refractivity contribution >= 4 is 57.7 Å². The van der Waals surface area contributed by atoms with E-state index in [9.17, 15) is 30.0 Å². The monoisotopic (exact) mass is 991 g/mol. The average Bonchev–Trinajstić information content (AvgIpc) is 4.20. The predicted octanol–water partition coefficient (Wildman–Crippen LogP) is 1.48. The van der Waals surface area contributed by atoms with Crippen LogP contribution in [0, 0.1) is 11.8 Å². The highest BCUT2D eigenvalue weighted by Crippen LogP contribution is 2.38. The molecule has 6 heterocycles. The Labute approximate surface area is 415 Å². The zero-order valence-corrected chi connectivity index (χ0v) is 40.7. The molecule has 0 aromatic carbocycles. The fourth-order valence-corrected chi connectivity index (χ4v) is 11.0. The fourth-order valence-electron chi connectivity index (χ4n) is 11.0. The van der Waals surface area contributed by atoms with Gasteiger partial charge in [-0.15, -0.1) is 0 Å². The van der Waals surface area contributed by atoms with E-state index in [4.69, 9.17) is 29.9 Å². The first-order valence-corrected chi connectivity index (χ1v) is 25.7. The van der Waals surface area contributed by atoms with Crippen molar-refractivity contribution in [1.82, 2.24) is 68.8 Å². The second-order valence-corrected chi connectivity index (χ2v) is 20.7. The minimum atomic E-state index is -1.16. The van der Waals surface area contributed by atoms with E-state index in [0.29, 0.717) is 84.6 Å². The van der Waals surface area contributed by atoms with Crippen molar-refractivity contribution < 1.29 is 30.0 Å². The van der Waals surface area contributed by atoms with E-state index < -0.39 is 48.6 Å². The van der Waals surface area contributed by atoms with Gasteiger partial charge < -0.3 is 70.6 Å². The largest absolute Gasteiger partial charge is 0.388 e. The van der Waals surface area contributed by atoms with Crippen molar-refractivity contribution in [1.29, 1.82) is 0 Å². The molecule has 6 aromatic rings. The summed E-state index contributed by atoms with van der Waals surface area (Å²) in [5.41, 5.74) is 3.90. The summed E-state index contributed by atoms with van der Waals surface area (Å²) in [7, 11) is 3.86. The Bertz CT molecular complexity index is 2690. The van der Waals surface area contributed by atoms with Gasteiger partial charge in [0.25, 0.3) is 0 Å². The van der Waals surface area contributed by atoms with Crippen LogP contribution in [-0.2, 0) is 36.5 Å². The number of nitrogens with one attached hydrogen (secondary N) is 6. The van der Waals surface area contributed by atoms with E-state index in [0.717, 1.165) is 75.6 Å². The number of carbonyl (C=O) groups excluding carboxylic acids is 2. The Morgan fingerprint density at radius 1 is 0.556 bits per heavy atom. The number of aryl methyl sites for hydroxylation is 2. The van der Waals surface area contributed by atoms with Crippen molar-refractivity contribution in [3.05, 3.63) is 49.1 Å². The maximum absolute atomic E-state index is 12.9. The smallest absolute Gasteiger partial charge is 0.226 e. The quantitative estimate of drug-likeness (QED) is 0.0583. The van der Waals surface area contributed by atoms with Crippen LogP contribution >= 0.6 is 0 Å². The molecule has 5 saturated carbocycles. The Hall–Kier alpha value is -6.50. The zero-order chi connectivity index (χ0) is 49.6. The van der Waals surface area contributed by atoms with Crippen LogP contribution < -0.4 is 31.9 Å². The highest BCUT2D eigenvalue weighted by atomic mass is 16.3. The number of anilines is 4. The number of aromatic nitrogens is 12. The molecule has 0 bridgehead atoms. The van der Waals surface area contributed by atoms with Gasteiger partial charge in [0.05, 0.1) is 60.9 Å². The summed E-state index contributed by atoms with van der Waals surface area (Å²) in [6.07, 6.45) is 16.5. The van der Waals surface area contributed by atoms with E-state index in [-0.39, 0.29) is 35.7 Å². The third kappa shape index (κ3) is 9.75. The molecule has 384 valence electrons. The predicted molar refractivity (Wildman–Crippen MR) is 265 cm³/mol. The van der Waals surface area contributed by atoms with Crippen LogP contribution in [0.15, 0.2) is 37.7 Å². The van der Waals surface area contributed by atoms with Crippen LogP contribution in [-0.4, -0.2) is 152 Å². The number of hydrogen-bond donors (Lipinski definition) is 10. The summed E-state index contributed by atoms with van der Waals surface area (Å²) in [6.45, 7) is 1.04. The van der Waals surface area contributed by atoms with Gasteiger partial charge in [0.2, 0.25) is 23.7 Å². The van der Waals surface area contributed by atoms with Gasteiger partial charge in [-0.05, 0) is 64.2 Å². The molecule has 5 aliphatic rings. The van der Waals surface area contributed by atoms with E-state index in [2.05, 4.69) is 41.9 Å². The van der Waals surface area contributed by atoms with Gasteiger partial charge in [-0.1, -0.05) is 12.8 Å². The molecule has 0 saturated heterocycles. The van der Waals surface area contributed by atoms with Crippen LogP contribution in [0.5, 0.6) is 0 Å². The van der Waals surface area contributed by atoms with Crippen molar-refractivity contribution in [2.24, 2.45) is 25.9 Å². The summed E-state index contributed by atoms with van der Waals surface area (Å²) < 4.78 is 7.40. The first-order chi connectivity index (χ1) is 34.9. The Kier molecular flexibility index (Phi) is 13.4. The Morgan fingerprint density at radius 3 is 1.33 bits per heavy atom. The number of fused-ring (bicyclic) bond motifs is 2. The normalized spacial score (nSPS) is 27.7. The third-order valence-corrected chi connectivity index (χ3v) is 15.7. The highest BCUT2D eigenvalue weighted by Gasteiger charge is 2.46. The van der Waals surface area contributed by atoms with Gasteiger partial charge in [0.15, 0.2) is 34.0 Å². The standard InChI is InChI=1S/C48H66N18O6/c1-63-19-29(51-21-63)13-15-49-47-59-41(35-43(61-47)65(23-53-35)33-17-31(37(67)39(33)69)57-45(71)25-5-3-6-25)55-27-9-11-28(12-10-27)56-42-36-44(62-48(60-42)50-16-14-30-20-64(2)22-52-30)66(24-54-36)34-18-32(38(68)40(34)70)58-46(72)26-7-4-8-26/h19-28,31-34,37-40,67-70H,3-18H2,1-2H3,(H,57,71)(H,58,72)(H2,49,55,59,61)(H2,50,56,60,62)/t27-,28-,31-,32-,33+,34+,37+,38+,39-,40-/m0/s1. The number of hydrogen-bond acceptors (Lipinski definition) is 18. The molecule has 2 amide bonds. The molecule has 6 aromatic heterocycles. The van der Waals surface area contributed by atoms with E-state index in [1.165, 1.54) is 0 Å². The molecule has 24 heteroatoms. The number of rotatable bonds is 18. The molecule has 8 atom stereocenters. The Morgan fingerprint density at radius 2 is 0.972 bits per heavy atom. The number of aliphatic hydroxyl groups excluding tert-OH is 4. The molecule has 24 nitrogen and oxygen atoms in total. The molecular formula is C48H66N18O6. The van der Waals surface area contributed by atoms with Crippen LogP contribution in [0.2, 0.25) is 0 Å². The van der Waals surface area contributed by atoms with Crippen molar-refractivity contribution in [3.63, 3.8) is 0 Å². The maximum Gasteiger partial charge on any atom is 0.226 e. The SMILES string of the molecule is Cn1cnc(CCNc2nc(N[C@H]3CC[C@H](Nc4nc(NCCc5cn(C)cn5)nc5c4ncn5[C@@H]4C[C@H](NC(=O)C5CCC5)[C@@H](O)[C@H]4O)CC3)c3ncn([C@@H]4C[C@H](NC(=O)C5CCC5)[C@@H](O)[C@H]4O)c3n2)c1. The second kappa shape index (κ2) is 20.2. The second-order valence-electron chi connectivity index (χ2n) is 20.7. The minimum absolute atomic E-state index is 0.0270. The lowest BCUT2D eigenvalue weighted by Crippen LogP contribution is -2.46. The molecule has 0 aliphatic heterocycles. The maximum atomic E-state index is 12.9. The van der Waals surface area contributed by atoms with Crippen LogP contribution in [0.4, 0.5) is 23.5 Å². The summed E-state index contributed by atoms with van der Waals surface area (Å²) >= 11 is 0. The van der Waals surface area contributed by atoms with E-state index >= 15 is 0 Å². The molecule has 0 unspecified atom stereocenters. The summed E-state index contributed by atoms with van der Waals surface area (Å²) in [5, 5.41) is 65.1. The summed E-state index contributed by atoms with van der Waals surface area (Å²) in [5.74, 6) is 1.60. The first kappa shape index (κ1) is 47.8. The molecule has 11 rings (SSSR count). The summed E-state index contributed by atoms with van der Waals surface area (Å²) in [6, 6.07) is -2.34. The van der Waals surface area contributed by atoms with Crippen molar-refractivity contribution in [2.45, 2.75) is 151 Å². The number of carbonyl (C=O) groups is 2. The Balaban J connectivity index is 0.803. The minimum Gasteiger partial charge on any atom is -0.388 e. The molecule has 10 N–H and O–H groups in total. The van der Waals surface area contributed by atoms with Gasteiger partial charge >= 0.3 is 0 Å². The number of nitrogens with zero attached hydrogens (tertiary/aromatic N) is 12. The topological polar surface area (TPSA) is 310 Å². The van der Waals surface area contributed by atoms with Gasteiger partial charge in [0.1, 0.15) is 24.4 Å². The number of amides is 2. The van der Waals surface area contributed by atoms with Crippen molar-refractivity contribution in [3.8, 4) is 0 Å². The van der Waals surface area contributed by atoms with Gasteiger partial charge in [-0.25, -0.2) is 19.9 Å². The lowest BCUT2D eigenvalue weighted by Gasteiger charge is -2.30. The van der Waals surface area contributed by atoms with Crippen LogP contribution in [0.1, 0.15) is 101 Å². The van der Waals surface area contributed by atoms with Gasteiger partial charge in [-0.3, -0.25) is 9.59 Å². The number of imidazole rings is 4. The molecule has 5 fully saturated rings. The van der Waals surface area contributed by atoms with Crippen LogP contribution in [0.3, 0.4) is 0 Å². The molecule has 0 spiro atoms. The lowest BCUT2D eigenvalue weighted by atomic mass is 9.84. The summed E-state index contributed by atoms with van der Waals surface area (Å²) in [4.78, 5) is 63.9. The molecular weight excluding hydrogens is 925 g/mol. The van der Waals surface area contributed by atoms with Gasteiger partial charge in [-0.2, -0.15) is 19.9 Å². The zero-order valence-electron chi connectivity index (χ0n) is 40.7. The van der Waals surface area contributed by atoms with Crippen LogP contribution in [0.25, 0.3) is 22.3 Å². The molecule has 72 heavy (non-hydrogen) atoms. The highest BCUT2D eigenvalue weighted by molar-refractivity contribution is 5.86. The van der Waals surface area contributed by atoms with E-state index in [1.54, 1.807) is 34.4 Å². The number of aliphatic hydroxyl groups is 4. The fraction of sp³-hybridized carbons (Fsp3) is 0.625. The van der Waals surface area contributed by atoms with E-state index in [1.807, 2.05) is 35.6 Å². The molecule has 0 radical (unpaired) electrons. The average molecular weight is 991 g/mol. The van der Waals surface area contributed by atoms with Crippen molar-refractivity contribution in [2.75, 3.05) is 34.4 Å². The van der Waals surface area contributed by atoms with Gasteiger partial charge in [0, 0.05) is 76.3 Å². The third-order valence-electron chi connectivity index (χ3n) is 15.7. The first-order valence-electron chi connectivity index (χ1n) is 25.7.